The van der Waals surface area contributed by atoms with Gasteiger partial charge in [-0.15, -0.1) is 0 Å². The Labute approximate surface area is 143 Å². The minimum absolute atomic E-state index is 1.11. The van der Waals surface area contributed by atoms with Crippen molar-refractivity contribution in [3.05, 3.63) is 72.9 Å². The molecule has 3 aromatic rings. The Morgan fingerprint density at radius 1 is 0.667 bits per heavy atom. The van der Waals surface area contributed by atoms with Gasteiger partial charge in [0.15, 0.2) is 0 Å². The summed E-state index contributed by atoms with van der Waals surface area (Å²) in [5.74, 6) is 1.13. The Kier molecular flexibility index (Phi) is 4.28. The molecule has 0 unspecified atom stereocenters. The highest BCUT2D eigenvalue weighted by Crippen LogP contribution is 2.34. The summed E-state index contributed by atoms with van der Waals surface area (Å²) in [6, 6.07) is 23.4. The highest BCUT2D eigenvalue weighted by Gasteiger charge is 2.17. The molecule has 1 aliphatic heterocycles. The fraction of sp³-hybridized carbons (Fsp3) is 0.227. The van der Waals surface area contributed by atoms with E-state index in [-0.39, 0.29) is 0 Å². The minimum atomic E-state index is 1.11. The maximum absolute atomic E-state index is 4.88. The zero-order chi connectivity index (χ0) is 16.2. The van der Waals surface area contributed by atoms with Crippen molar-refractivity contribution in [2.45, 2.75) is 19.3 Å². The molecule has 0 amide bonds. The Hall–Kier alpha value is -2.61. The number of rotatable bonds is 3. The van der Waals surface area contributed by atoms with Crippen LogP contribution in [-0.2, 0) is 0 Å². The van der Waals surface area contributed by atoms with E-state index in [1.54, 1.807) is 0 Å². The molecule has 2 heteroatoms. The normalized spacial score (nSPS) is 14.6. The number of pyridine rings is 1. The van der Waals surface area contributed by atoms with Crippen LogP contribution in [0, 0.1) is 0 Å². The molecule has 0 atom stereocenters. The summed E-state index contributed by atoms with van der Waals surface area (Å²) in [5.41, 5.74) is 4.87. The molecule has 24 heavy (non-hydrogen) atoms. The molecule has 0 bridgehead atoms. The van der Waals surface area contributed by atoms with Gasteiger partial charge in [-0.2, -0.15) is 0 Å². The molecular weight excluding hydrogens is 292 g/mol. The van der Waals surface area contributed by atoms with Gasteiger partial charge in [0, 0.05) is 30.4 Å². The molecule has 1 saturated heterocycles. The van der Waals surface area contributed by atoms with Crippen molar-refractivity contribution in [2.75, 3.05) is 18.0 Å². The van der Waals surface area contributed by atoms with Crippen molar-refractivity contribution in [2.24, 2.45) is 0 Å². The summed E-state index contributed by atoms with van der Waals surface area (Å²) in [5, 5.41) is 0. The lowest BCUT2D eigenvalue weighted by molar-refractivity contribution is 0.574. The van der Waals surface area contributed by atoms with Gasteiger partial charge in [-0.05, 0) is 36.5 Å². The maximum atomic E-state index is 4.88. The number of benzene rings is 2. The first-order valence-electron chi connectivity index (χ1n) is 8.78. The molecule has 0 N–H and O–H groups in total. The van der Waals surface area contributed by atoms with Crippen molar-refractivity contribution in [3.8, 4) is 22.3 Å². The molecule has 2 heterocycles. The Morgan fingerprint density at radius 2 is 1.29 bits per heavy atom. The second-order valence-corrected chi connectivity index (χ2v) is 6.37. The second-order valence-electron chi connectivity index (χ2n) is 6.37. The number of anilines is 1. The van der Waals surface area contributed by atoms with Gasteiger partial charge >= 0.3 is 0 Å². The lowest BCUT2D eigenvalue weighted by atomic mass is 10.00. The highest BCUT2D eigenvalue weighted by molar-refractivity contribution is 5.80. The van der Waals surface area contributed by atoms with Crippen LogP contribution in [0.3, 0.4) is 0 Å². The van der Waals surface area contributed by atoms with E-state index in [1.165, 1.54) is 41.5 Å². The summed E-state index contributed by atoms with van der Waals surface area (Å²) in [4.78, 5) is 7.33. The zero-order valence-corrected chi connectivity index (χ0v) is 13.9. The molecule has 0 saturated carbocycles. The van der Waals surface area contributed by atoms with E-state index in [0.717, 1.165) is 18.9 Å². The van der Waals surface area contributed by atoms with E-state index in [1.807, 2.05) is 6.20 Å². The van der Waals surface area contributed by atoms with Crippen LogP contribution < -0.4 is 4.90 Å². The highest BCUT2D eigenvalue weighted by atomic mass is 15.2. The van der Waals surface area contributed by atoms with E-state index in [2.05, 4.69) is 71.6 Å². The zero-order valence-electron chi connectivity index (χ0n) is 13.9. The van der Waals surface area contributed by atoms with E-state index in [9.17, 15) is 0 Å². The van der Waals surface area contributed by atoms with Crippen molar-refractivity contribution < 1.29 is 0 Å². The monoisotopic (exact) mass is 314 g/mol. The van der Waals surface area contributed by atoms with Crippen molar-refractivity contribution in [1.82, 2.24) is 4.98 Å². The third kappa shape index (κ3) is 3.05. The van der Waals surface area contributed by atoms with Crippen molar-refractivity contribution >= 4 is 5.82 Å². The minimum Gasteiger partial charge on any atom is -0.356 e. The molecule has 1 aromatic heterocycles. The molecule has 120 valence electrons. The molecule has 0 aliphatic carbocycles. The summed E-state index contributed by atoms with van der Waals surface area (Å²) in [7, 11) is 0. The van der Waals surface area contributed by atoms with Gasteiger partial charge in [-0.3, -0.25) is 0 Å². The number of hydrogen-bond donors (Lipinski definition) is 0. The predicted octanol–water partition coefficient (Wildman–Crippen LogP) is 5.41. The molecule has 1 fully saturated rings. The van der Waals surface area contributed by atoms with E-state index >= 15 is 0 Å². The predicted molar refractivity (Wildman–Crippen MR) is 101 cm³/mol. The molecule has 2 aromatic carbocycles. The Morgan fingerprint density at radius 3 is 1.96 bits per heavy atom. The van der Waals surface area contributed by atoms with Crippen LogP contribution in [-0.4, -0.2) is 18.1 Å². The summed E-state index contributed by atoms with van der Waals surface area (Å²) in [6.45, 7) is 2.22. The van der Waals surface area contributed by atoms with Crippen molar-refractivity contribution in [3.63, 3.8) is 0 Å². The lowest BCUT2D eigenvalue weighted by Crippen LogP contribution is -2.30. The molecule has 1 aliphatic rings. The smallest absolute Gasteiger partial charge is 0.136 e. The number of nitrogens with zero attached hydrogens (tertiary/aromatic N) is 2. The number of aromatic nitrogens is 1. The van der Waals surface area contributed by atoms with Crippen LogP contribution in [0.1, 0.15) is 19.3 Å². The maximum Gasteiger partial charge on any atom is 0.136 e. The van der Waals surface area contributed by atoms with Gasteiger partial charge in [0.1, 0.15) is 5.82 Å². The summed E-state index contributed by atoms with van der Waals surface area (Å²) >= 11 is 0. The van der Waals surface area contributed by atoms with Crippen LogP contribution in [0.15, 0.2) is 72.9 Å². The largest absolute Gasteiger partial charge is 0.356 e. The van der Waals surface area contributed by atoms with Crippen LogP contribution >= 0.6 is 0 Å². The van der Waals surface area contributed by atoms with Crippen LogP contribution in [0.4, 0.5) is 5.82 Å². The molecule has 0 radical (unpaired) electrons. The topological polar surface area (TPSA) is 16.1 Å². The van der Waals surface area contributed by atoms with Gasteiger partial charge < -0.3 is 4.90 Å². The van der Waals surface area contributed by atoms with Crippen LogP contribution in [0.25, 0.3) is 22.3 Å². The first-order chi connectivity index (χ1) is 11.9. The molecule has 4 rings (SSSR count). The van der Waals surface area contributed by atoms with Gasteiger partial charge in [0.2, 0.25) is 0 Å². The number of piperidine rings is 1. The fourth-order valence-corrected chi connectivity index (χ4v) is 3.43. The first-order valence-corrected chi connectivity index (χ1v) is 8.78. The quantitative estimate of drug-likeness (QED) is 0.643. The van der Waals surface area contributed by atoms with Gasteiger partial charge in [-0.1, -0.05) is 60.7 Å². The van der Waals surface area contributed by atoms with Gasteiger partial charge in [0.25, 0.3) is 0 Å². The third-order valence-electron chi connectivity index (χ3n) is 4.71. The lowest BCUT2D eigenvalue weighted by Gasteiger charge is -2.29. The van der Waals surface area contributed by atoms with E-state index in [4.69, 9.17) is 4.98 Å². The average Bonchev–Trinajstić information content (AvgIpc) is 2.69. The fourth-order valence-electron chi connectivity index (χ4n) is 3.43. The van der Waals surface area contributed by atoms with Crippen LogP contribution in [0.5, 0.6) is 0 Å². The van der Waals surface area contributed by atoms with Gasteiger partial charge in [0.05, 0.1) is 0 Å². The van der Waals surface area contributed by atoms with E-state index in [0.29, 0.717) is 0 Å². The van der Waals surface area contributed by atoms with E-state index < -0.39 is 0 Å². The second kappa shape index (κ2) is 6.88. The Bertz CT molecular complexity index is 791. The first kappa shape index (κ1) is 14.9. The Balaban J connectivity index is 1.82. The summed E-state index contributed by atoms with van der Waals surface area (Å²) < 4.78 is 0. The molecule has 2 nitrogen and oxygen atoms in total. The van der Waals surface area contributed by atoms with Crippen LogP contribution in [0.2, 0.25) is 0 Å². The standard InChI is InChI=1S/C22H22N2/c1-4-10-18(11-5-1)20-16-21(19-12-6-2-7-13-19)22(23-17-20)24-14-8-3-9-15-24/h1-2,4-7,10-13,16-17H,3,8-9,14-15H2. The summed E-state index contributed by atoms with van der Waals surface area (Å²) in [6.07, 6.45) is 5.87. The number of hydrogen-bond acceptors (Lipinski definition) is 2. The molecule has 0 spiro atoms. The van der Waals surface area contributed by atoms with Gasteiger partial charge in [-0.25, -0.2) is 4.98 Å². The van der Waals surface area contributed by atoms with Crippen molar-refractivity contribution in [1.29, 1.82) is 0 Å². The SMILES string of the molecule is c1ccc(-c2cnc(N3CCCCC3)c(-c3ccccc3)c2)cc1. The third-order valence-corrected chi connectivity index (χ3v) is 4.71. The molecular formula is C22H22N2. The average molecular weight is 314 g/mol.